The lowest BCUT2D eigenvalue weighted by Gasteiger charge is -2.22. The number of carbonyl (C=O) groups is 2. The molecule has 0 atom stereocenters. The summed E-state index contributed by atoms with van der Waals surface area (Å²) in [5, 5.41) is 0.820. The number of benzene rings is 2. The van der Waals surface area contributed by atoms with Crippen LogP contribution < -0.4 is 10.6 Å². The molecule has 0 spiro atoms. The summed E-state index contributed by atoms with van der Waals surface area (Å²) in [6, 6.07) is 13.9. The van der Waals surface area contributed by atoms with Crippen molar-refractivity contribution in [3.05, 3.63) is 64.1 Å². The van der Waals surface area contributed by atoms with Crippen molar-refractivity contribution in [2.75, 3.05) is 11.4 Å². The Bertz CT molecular complexity index is 670. The highest BCUT2D eigenvalue weighted by molar-refractivity contribution is 6.36. The van der Waals surface area contributed by atoms with E-state index in [1.165, 1.54) is 4.90 Å². The van der Waals surface area contributed by atoms with Crippen LogP contribution in [0.4, 0.5) is 5.69 Å². The summed E-state index contributed by atoms with van der Waals surface area (Å²) in [7, 11) is 0. The molecule has 6 heteroatoms. The van der Waals surface area contributed by atoms with Crippen molar-refractivity contribution in [1.29, 1.82) is 0 Å². The summed E-state index contributed by atoms with van der Waals surface area (Å²) < 4.78 is 0. The third-order valence-electron chi connectivity index (χ3n) is 3.07. The third-order valence-corrected chi connectivity index (χ3v) is 3.78. The lowest BCUT2D eigenvalue weighted by atomic mass is 10.1. The van der Waals surface area contributed by atoms with Crippen LogP contribution in [0.1, 0.15) is 5.56 Å². The molecule has 2 rings (SSSR count). The van der Waals surface area contributed by atoms with E-state index < -0.39 is 5.91 Å². The zero-order chi connectivity index (χ0) is 16.1. The number of anilines is 1. The standard InChI is InChI=1S/C16H14Cl2N2O2/c17-13-7-4-8-14(18)12(13)9-16(22)20(10-15(19)21)11-5-2-1-3-6-11/h1-8H,9-10H2,(H2,19,21). The van der Waals surface area contributed by atoms with Gasteiger partial charge in [0.2, 0.25) is 11.8 Å². The predicted molar refractivity (Wildman–Crippen MR) is 88.2 cm³/mol. The highest BCUT2D eigenvalue weighted by atomic mass is 35.5. The van der Waals surface area contributed by atoms with Gasteiger partial charge in [0.15, 0.2) is 0 Å². The van der Waals surface area contributed by atoms with Crippen molar-refractivity contribution in [1.82, 2.24) is 0 Å². The van der Waals surface area contributed by atoms with Crippen molar-refractivity contribution < 1.29 is 9.59 Å². The Labute approximate surface area is 138 Å². The lowest BCUT2D eigenvalue weighted by molar-refractivity contribution is -0.122. The Hall–Kier alpha value is -2.04. The molecular formula is C16H14Cl2N2O2. The number of halogens is 2. The zero-order valence-corrected chi connectivity index (χ0v) is 13.1. The van der Waals surface area contributed by atoms with E-state index in [1.54, 1.807) is 42.5 Å². The molecule has 2 aromatic rings. The van der Waals surface area contributed by atoms with E-state index in [9.17, 15) is 9.59 Å². The molecule has 0 aliphatic heterocycles. The fraction of sp³-hybridized carbons (Fsp3) is 0.125. The van der Waals surface area contributed by atoms with Crippen LogP contribution in [-0.2, 0) is 16.0 Å². The summed E-state index contributed by atoms with van der Waals surface area (Å²) in [6.07, 6.45) is -0.0132. The second kappa shape index (κ2) is 7.29. The minimum absolute atomic E-state index is 0.0132. The average molecular weight is 337 g/mol. The van der Waals surface area contributed by atoms with Crippen molar-refractivity contribution in [2.24, 2.45) is 5.73 Å². The van der Waals surface area contributed by atoms with Gasteiger partial charge in [0.1, 0.15) is 6.54 Å². The van der Waals surface area contributed by atoms with E-state index in [0.717, 1.165) is 0 Å². The minimum atomic E-state index is -0.595. The molecule has 0 aromatic heterocycles. The number of primary amides is 1. The van der Waals surface area contributed by atoms with Gasteiger partial charge in [-0.25, -0.2) is 0 Å². The van der Waals surface area contributed by atoms with Gasteiger partial charge >= 0.3 is 0 Å². The van der Waals surface area contributed by atoms with Gasteiger partial charge in [0, 0.05) is 15.7 Å². The fourth-order valence-electron chi connectivity index (χ4n) is 2.04. The quantitative estimate of drug-likeness (QED) is 0.911. The minimum Gasteiger partial charge on any atom is -0.368 e. The molecule has 0 unspecified atom stereocenters. The van der Waals surface area contributed by atoms with Gasteiger partial charge in [0.05, 0.1) is 6.42 Å². The molecule has 0 aliphatic carbocycles. The van der Waals surface area contributed by atoms with E-state index in [1.807, 2.05) is 6.07 Å². The molecule has 22 heavy (non-hydrogen) atoms. The number of rotatable bonds is 5. The monoisotopic (exact) mass is 336 g/mol. The Kier molecular flexibility index (Phi) is 5.41. The molecule has 2 amide bonds. The van der Waals surface area contributed by atoms with E-state index in [0.29, 0.717) is 21.3 Å². The van der Waals surface area contributed by atoms with E-state index >= 15 is 0 Å². The number of carbonyl (C=O) groups excluding carboxylic acids is 2. The topological polar surface area (TPSA) is 63.4 Å². The predicted octanol–water partition coefficient (Wildman–Crippen LogP) is 3.05. The highest BCUT2D eigenvalue weighted by Gasteiger charge is 2.20. The number of hydrogen-bond acceptors (Lipinski definition) is 2. The Balaban J connectivity index is 2.28. The largest absolute Gasteiger partial charge is 0.368 e. The van der Waals surface area contributed by atoms with Crippen LogP contribution in [-0.4, -0.2) is 18.4 Å². The maximum absolute atomic E-state index is 12.6. The highest BCUT2D eigenvalue weighted by Crippen LogP contribution is 2.26. The maximum Gasteiger partial charge on any atom is 0.237 e. The van der Waals surface area contributed by atoms with Gasteiger partial charge in [-0.3, -0.25) is 9.59 Å². The number of amides is 2. The van der Waals surface area contributed by atoms with Crippen molar-refractivity contribution in [2.45, 2.75) is 6.42 Å². The van der Waals surface area contributed by atoms with Gasteiger partial charge in [-0.05, 0) is 29.8 Å². The molecule has 0 bridgehead atoms. The molecule has 0 saturated heterocycles. The van der Waals surface area contributed by atoms with Crippen molar-refractivity contribution >= 4 is 40.7 Å². The first-order valence-electron chi connectivity index (χ1n) is 6.55. The molecule has 114 valence electrons. The number of nitrogens with zero attached hydrogens (tertiary/aromatic N) is 1. The van der Waals surface area contributed by atoms with Crippen LogP contribution in [0.25, 0.3) is 0 Å². The van der Waals surface area contributed by atoms with Gasteiger partial charge < -0.3 is 10.6 Å². The summed E-state index contributed by atoms with van der Waals surface area (Å²) in [5.74, 6) is -0.901. The maximum atomic E-state index is 12.6. The molecule has 0 heterocycles. The van der Waals surface area contributed by atoms with Gasteiger partial charge in [0.25, 0.3) is 0 Å². The van der Waals surface area contributed by atoms with Gasteiger partial charge in [-0.2, -0.15) is 0 Å². The molecule has 0 radical (unpaired) electrons. The average Bonchev–Trinajstić information content (AvgIpc) is 2.49. The first-order chi connectivity index (χ1) is 10.5. The first kappa shape index (κ1) is 16.3. The van der Waals surface area contributed by atoms with Crippen molar-refractivity contribution in [3.8, 4) is 0 Å². The summed E-state index contributed by atoms with van der Waals surface area (Å²) in [5.41, 5.74) is 6.36. The van der Waals surface area contributed by atoms with Crippen LogP contribution in [0.3, 0.4) is 0 Å². The van der Waals surface area contributed by atoms with Crippen LogP contribution >= 0.6 is 23.2 Å². The smallest absolute Gasteiger partial charge is 0.237 e. The van der Waals surface area contributed by atoms with Crippen LogP contribution in [0, 0.1) is 0 Å². The zero-order valence-electron chi connectivity index (χ0n) is 11.6. The summed E-state index contributed by atoms with van der Waals surface area (Å²) in [4.78, 5) is 25.1. The Morgan fingerprint density at radius 3 is 2.09 bits per heavy atom. The first-order valence-corrected chi connectivity index (χ1v) is 7.31. The van der Waals surface area contributed by atoms with Crippen molar-refractivity contribution in [3.63, 3.8) is 0 Å². The molecular weight excluding hydrogens is 323 g/mol. The molecule has 2 N–H and O–H groups in total. The third kappa shape index (κ3) is 4.00. The van der Waals surface area contributed by atoms with Crippen LogP contribution in [0.15, 0.2) is 48.5 Å². The second-order valence-corrected chi connectivity index (χ2v) is 5.47. The van der Waals surface area contributed by atoms with Gasteiger partial charge in [-0.1, -0.05) is 47.5 Å². The van der Waals surface area contributed by atoms with E-state index in [4.69, 9.17) is 28.9 Å². The normalized spacial score (nSPS) is 10.3. The molecule has 0 aliphatic rings. The molecule has 0 fully saturated rings. The Morgan fingerprint density at radius 1 is 0.955 bits per heavy atom. The summed E-state index contributed by atoms with van der Waals surface area (Å²) in [6.45, 7) is -0.203. The number of nitrogens with two attached hydrogens (primary N) is 1. The SMILES string of the molecule is NC(=O)CN(C(=O)Cc1c(Cl)cccc1Cl)c1ccccc1. The van der Waals surface area contributed by atoms with Gasteiger partial charge in [-0.15, -0.1) is 0 Å². The number of hydrogen-bond donors (Lipinski definition) is 1. The Morgan fingerprint density at radius 2 is 1.55 bits per heavy atom. The van der Waals surface area contributed by atoms with Crippen LogP contribution in [0.2, 0.25) is 10.0 Å². The summed E-state index contributed by atoms with van der Waals surface area (Å²) >= 11 is 12.2. The van der Waals surface area contributed by atoms with E-state index in [-0.39, 0.29) is 18.9 Å². The van der Waals surface area contributed by atoms with E-state index in [2.05, 4.69) is 0 Å². The van der Waals surface area contributed by atoms with Crippen LogP contribution in [0.5, 0.6) is 0 Å². The number of para-hydroxylation sites is 1. The second-order valence-electron chi connectivity index (χ2n) is 4.66. The molecule has 2 aromatic carbocycles. The molecule has 4 nitrogen and oxygen atoms in total. The molecule has 0 saturated carbocycles. The fourth-order valence-corrected chi connectivity index (χ4v) is 2.57. The lowest BCUT2D eigenvalue weighted by Crippen LogP contribution is -2.39.